The summed E-state index contributed by atoms with van der Waals surface area (Å²) in [5.74, 6) is 0. The molecule has 0 saturated heterocycles. The molecule has 1 unspecified atom stereocenters. The van der Waals surface area contributed by atoms with Crippen LogP contribution >= 0.6 is 11.6 Å². The summed E-state index contributed by atoms with van der Waals surface area (Å²) in [6, 6.07) is 13.9. The average molecular weight is 261 g/mol. The van der Waals surface area contributed by atoms with E-state index in [0.29, 0.717) is 0 Å². The molecule has 3 N–H and O–H groups in total. The van der Waals surface area contributed by atoms with Gasteiger partial charge in [0.05, 0.1) is 0 Å². The van der Waals surface area contributed by atoms with Crippen LogP contribution in [0.1, 0.15) is 24.1 Å². The van der Waals surface area contributed by atoms with Gasteiger partial charge in [0.15, 0.2) is 0 Å². The minimum atomic E-state index is 0.138. The summed E-state index contributed by atoms with van der Waals surface area (Å²) >= 11 is 6.19. The molecule has 0 bridgehead atoms. The molecule has 94 valence electrons. The minimum Gasteiger partial charge on any atom is -0.398 e. The number of benzene rings is 2. The van der Waals surface area contributed by atoms with Gasteiger partial charge < -0.3 is 11.1 Å². The first-order chi connectivity index (χ1) is 8.59. The Morgan fingerprint density at radius 1 is 1.11 bits per heavy atom. The first-order valence-corrected chi connectivity index (χ1v) is 6.33. The molecule has 2 aromatic rings. The zero-order valence-electron chi connectivity index (χ0n) is 10.6. The number of nitrogens with one attached hydrogen (secondary N) is 1. The number of nitrogens with two attached hydrogens (primary N) is 1. The summed E-state index contributed by atoms with van der Waals surface area (Å²) in [6.45, 7) is 4.10. The van der Waals surface area contributed by atoms with Crippen molar-refractivity contribution in [3.63, 3.8) is 0 Å². The normalized spacial score (nSPS) is 12.2. The van der Waals surface area contributed by atoms with Crippen LogP contribution in [0.3, 0.4) is 0 Å². The lowest BCUT2D eigenvalue weighted by Gasteiger charge is -2.19. The standard InChI is InChI=1S/C15H17ClN2/c1-10-14(17)8-5-9-15(10)18-11(2)12-6-3-4-7-13(12)16/h3-9,11,18H,17H2,1-2H3. The summed E-state index contributed by atoms with van der Waals surface area (Å²) in [6.07, 6.45) is 0. The Morgan fingerprint density at radius 2 is 1.83 bits per heavy atom. The Morgan fingerprint density at radius 3 is 2.56 bits per heavy atom. The summed E-state index contributed by atoms with van der Waals surface area (Å²) in [5.41, 5.74) is 9.89. The molecule has 0 aliphatic carbocycles. The molecule has 0 aromatic heterocycles. The number of anilines is 2. The molecule has 0 heterocycles. The second-order valence-corrected chi connectivity index (χ2v) is 4.81. The van der Waals surface area contributed by atoms with E-state index in [2.05, 4.69) is 12.2 Å². The van der Waals surface area contributed by atoms with Crippen molar-refractivity contribution in [2.75, 3.05) is 11.1 Å². The maximum atomic E-state index is 6.19. The smallest absolute Gasteiger partial charge is 0.0500 e. The minimum absolute atomic E-state index is 0.138. The van der Waals surface area contributed by atoms with E-state index in [0.717, 1.165) is 27.5 Å². The highest BCUT2D eigenvalue weighted by atomic mass is 35.5. The fourth-order valence-electron chi connectivity index (χ4n) is 1.95. The molecule has 0 aliphatic heterocycles. The van der Waals surface area contributed by atoms with Crippen LogP contribution in [0.2, 0.25) is 5.02 Å². The predicted molar refractivity (Wildman–Crippen MR) is 79.1 cm³/mol. The van der Waals surface area contributed by atoms with Crippen LogP contribution in [0.5, 0.6) is 0 Å². The van der Waals surface area contributed by atoms with Gasteiger partial charge in [0.2, 0.25) is 0 Å². The lowest BCUT2D eigenvalue weighted by molar-refractivity contribution is 0.883. The van der Waals surface area contributed by atoms with Crippen molar-refractivity contribution in [2.45, 2.75) is 19.9 Å². The van der Waals surface area contributed by atoms with Crippen LogP contribution in [0, 0.1) is 6.92 Å². The van der Waals surface area contributed by atoms with Crippen molar-refractivity contribution in [1.82, 2.24) is 0 Å². The van der Waals surface area contributed by atoms with Gasteiger partial charge in [-0.1, -0.05) is 35.9 Å². The lowest BCUT2D eigenvalue weighted by atomic mass is 10.1. The van der Waals surface area contributed by atoms with Crippen molar-refractivity contribution in [1.29, 1.82) is 0 Å². The summed E-state index contributed by atoms with van der Waals surface area (Å²) in [4.78, 5) is 0. The first kappa shape index (κ1) is 12.8. The van der Waals surface area contributed by atoms with Crippen LogP contribution in [0.25, 0.3) is 0 Å². The number of rotatable bonds is 3. The fourth-order valence-corrected chi connectivity index (χ4v) is 2.25. The molecule has 2 aromatic carbocycles. The van der Waals surface area contributed by atoms with E-state index >= 15 is 0 Å². The number of halogens is 1. The van der Waals surface area contributed by atoms with Gasteiger partial charge in [-0.05, 0) is 43.2 Å². The van der Waals surface area contributed by atoms with Gasteiger partial charge in [-0.15, -0.1) is 0 Å². The monoisotopic (exact) mass is 260 g/mol. The fraction of sp³-hybridized carbons (Fsp3) is 0.200. The molecule has 3 heteroatoms. The highest BCUT2D eigenvalue weighted by Gasteiger charge is 2.10. The molecular weight excluding hydrogens is 244 g/mol. The van der Waals surface area contributed by atoms with Gasteiger partial charge in [0, 0.05) is 22.4 Å². The van der Waals surface area contributed by atoms with Crippen molar-refractivity contribution in [3.05, 3.63) is 58.6 Å². The topological polar surface area (TPSA) is 38.0 Å². The molecular formula is C15H17ClN2. The SMILES string of the molecule is Cc1c(N)cccc1NC(C)c1ccccc1Cl. The van der Waals surface area contributed by atoms with E-state index in [1.54, 1.807) is 0 Å². The van der Waals surface area contributed by atoms with Gasteiger partial charge in [-0.25, -0.2) is 0 Å². The van der Waals surface area contributed by atoms with E-state index in [4.69, 9.17) is 17.3 Å². The zero-order valence-corrected chi connectivity index (χ0v) is 11.3. The molecule has 0 aliphatic rings. The molecule has 18 heavy (non-hydrogen) atoms. The van der Waals surface area contributed by atoms with Gasteiger partial charge in [0.25, 0.3) is 0 Å². The van der Waals surface area contributed by atoms with Gasteiger partial charge in [0.1, 0.15) is 0 Å². The van der Waals surface area contributed by atoms with Crippen molar-refractivity contribution < 1.29 is 0 Å². The third-order valence-electron chi connectivity index (χ3n) is 3.12. The van der Waals surface area contributed by atoms with E-state index in [1.165, 1.54) is 0 Å². The molecule has 0 spiro atoms. The molecule has 0 amide bonds. The van der Waals surface area contributed by atoms with E-state index in [-0.39, 0.29) is 6.04 Å². The third-order valence-corrected chi connectivity index (χ3v) is 3.46. The van der Waals surface area contributed by atoms with Crippen LogP contribution in [0.15, 0.2) is 42.5 Å². The quantitative estimate of drug-likeness (QED) is 0.803. The Bertz CT molecular complexity index is 552. The zero-order chi connectivity index (χ0) is 13.1. The van der Waals surface area contributed by atoms with Gasteiger partial charge >= 0.3 is 0 Å². The summed E-state index contributed by atoms with van der Waals surface area (Å²) in [7, 11) is 0. The van der Waals surface area contributed by atoms with E-state index < -0.39 is 0 Å². The third kappa shape index (κ3) is 2.59. The maximum absolute atomic E-state index is 6.19. The van der Waals surface area contributed by atoms with Crippen LogP contribution in [0.4, 0.5) is 11.4 Å². The van der Waals surface area contributed by atoms with Crippen LogP contribution < -0.4 is 11.1 Å². The van der Waals surface area contributed by atoms with Crippen LogP contribution in [-0.4, -0.2) is 0 Å². The highest BCUT2D eigenvalue weighted by Crippen LogP contribution is 2.28. The molecule has 1 atom stereocenters. The Hall–Kier alpha value is -1.67. The van der Waals surface area contributed by atoms with E-state index in [1.807, 2.05) is 49.4 Å². The largest absolute Gasteiger partial charge is 0.398 e. The van der Waals surface area contributed by atoms with E-state index in [9.17, 15) is 0 Å². The Labute approximate surface area is 113 Å². The van der Waals surface area contributed by atoms with Gasteiger partial charge in [-0.2, -0.15) is 0 Å². The molecule has 2 rings (SSSR count). The number of hydrogen-bond donors (Lipinski definition) is 2. The van der Waals surface area contributed by atoms with Crippen LogP contribution in [-0.2, 0) is 0 Å². The molecule has 0 saturated carbocycles. The van der Waals surface area contributed by atoms with Gasteiger partial charge in [-0.3, -0.25) is 0 Å². The molecule has 0 radical (unpaired) electrons. The maximum Gasteiger partial charge on any atom is 0.0500 e. The molecule has 0 fully saturated rings. The Balaban J connectivity index is 2.24. The summed E-state index contributed by atoms with van der Waals surface area (Å²) in [5, 5.41) is 4.22. The average Bonchev–Trinajstić information content (AvgIpc) is 2.35. The van der Waals surface area contributed by atoms with Crippen molar-refractivity contribution in [3.8, 4) is 0 Å². The number of nitrogen functional groups attached to an aromatic ring is 1. The number of hydrogen-bond acceptors (Lipinski definition) is 2. The van der Waals surface area contributed by atoms with Crippen molar-refractivity contribution >= 4 is 23.0 Å². The first-order valence-electron chi connectivity index (χ1n) is 5.95. The lowest BCUT2D eigenvalue weighted by Crippen LogP contribution is -2.08. The second-order valence-electron chi connectivity index (χ2n) is 4.41. The summed E-state index contributed by atoms with van der Waals surface area (Å²) < 4.78 is 0. The second kappa shape index (κ2) is 5.32. The molecule has 2 nitrogen and oxygen atoms in total. The predicted octanol–water partition coefficient (Wildman–Crippen LogP) is 4.40. The highest BCUT2D eigenvalue weighted by molar-refractivity contribution is 6.31. The Kier molecular flexibility index (Phi) is 3.78. The van der Waals surface area contributed by atoms with Crippen molar-refractivity contribution in [2.24, 2.45) is 0 Å².